The molecule has 0 aliphatic heterocycles. The number of rotatable bonds is 7. The van der Waals surface area contributed by atoms with Crippen molar-refractivity contribution in [3.05, 3.63) is 22.2 Å². The molecule has 1 N–H and O–H groups in total. The average molecular weight is 317 g/mol. The number of ether oxygens (including phenoxy) is 2. The quantitative estimate of drug-likeness (QED) is 0.779. The molecule has 0 aliphatic carbocycles. The Morgan fingerprint density at radius 2 is 2.11 bits per heavy atom. The lowest BCUT2D eigenvalue weighted by Gasteiger charge is -2.13. The minimum absolute atomic E-state index is 0.166. The minimum Gasteiger partial charge on any atom is -0.493 e. The molecule has 0 atom stereocenters. The van der Waals surface area contributed by atoms with Crippen LogP contribution in [0.5, 0.6) is 11.5 Å². The van der Waals surface area contributed by atoms with E-state index in [2.05, 4.69) is 22.9 Å². The number of benzene rings is 1. The van der Waals surface area contributed by atoms with Gasteiger partial charge in [0.1, 0.15) is 0 Å². The van der Waals surface area contributed by atoms with Crippen molar-refractivity contribution in [2.45, 2.75) is 26.2 Å². The van der Waals surface area contributed by atoms with Crippen LogP contribution in [0.3, 0.4) is 0 Å². The molecule has 4 nitrogen and oxygen atoms in total. The smallest absolute Gasteiger partial charge is 0.335 e. The summed E-state index contributed by atoms with van der Waals surface area (Å²) in [5.41, 5.74) is 0.166. The topological polar surface area (TPSA) is 55.8 Å². The van der Waals surface area contributed by atoms with Crippen molar-refractivity contribution in [1.29, 1.82) is 0 Å². The zero-order chi connectivity index (χ0) is 13.5. The Morgan fingerprint density at radius 3 is 2.67 bits per heavy atom. The Balaban J connectivity index is 2.86. The molecule has 0 saturated carbocycles. The maximum Gasteiger partial charge on any atom is 0.335 e. The summed E-state index contributed by atoms with van der Waals surface area (Å²) in [7, 11) is 1.49. The summed E-state index contributed by atoms with van der Waals surface area (Å²) in [5, 5.41) is 8.95. The van der Waals surface area contributed by atoms with Crippen LogP contribution in [-0.4, -0.2) is 24.8 Å². The molecule has 0 aliphatic rings. The Hall–Kier alpha value is -1.23. The molecule has 0 bridgehead atoms. The molecule has 0 heterocycles. The summed E-state index contributed by atoms with van der Waals surface area (Å²) in [6, 6.07) is 2.97. The lowest BCUT2D eigenvalue weighted by Crippen LogP contribution is -2.03. The van der Waals surface area contributed by atoms with Crippen molar-refractivity contribution in [2.75, 3.05) is 13.7 Å². The molecule has 0 saturated heterocycles. The number of carboxylic acid groups (broad SMARTS) is 1. The largest absolute Gasteiger partial charge is 0.493 e. The van der Waals surface area contributed by atoms with Gasteiger partial charge in [0.25, 0.3) is 0 Å². The van der Waals surface area contributed by atoms with Crippen molar-refractivity contribution in [3.63, 3.8) is 0 Å². The standard InChI is InChI=1S/C13H17BrO4/c1-3-4-5-6-18-12-10(14)7-9(13(15)16)8-11(12)17-2/h7-8H,3-6H2,1-2H3,(H,15,16). The van der Waals surface area contributed by atoms with E-state index < -0.39 is 5.97 Å². The monoisotopic (exact) mass is 316 g/mol. The predicted molar refractivity (Wildman–Crippen MR) is 72.7 cm³/mol. The average Bonchev–Trinajstić information content (AvgIpc) is 2.35. The van der Waals surface area contributed by atoms with Crippen LogP contribution in [0.15, 0.2) is 16.6 Å². The van der Waals surface area contributed by atoms with E-state index in [1.807, 2.05) is 0 Å². The molecule has 0 unspecified atom stereocenters. The SMILES string of the molecule is CCCCCOc1c(Br)cc(C(=O)O)cc1OC. The van der Waals surface area contributed by atoms with E-state index in [0.29, 0.717) is 22.6 Å². The van der Waals surface area contributed by atoms with E-state index >= 15 is 0 Å². The highest BCUT2D eigenvalue weighted by Gasteiger charge is 2.14. The van der Waals surface area contributed by atoms with E-state index in [4.69, 9.17) is 14.6 Å². The molecular weight excluding hydrogens is 300 g/mol. The van der Waals surface area contributed by atoms with Crippen LogP contribution in [0.2, 0.25) is 0 Å². The van der Waals surface area contributed by atoms with Crippen molar-refractivity contribution in [1.82, 2.24) is 0 Å². The van der Waals surface area contributed by atoms with E-state index in [9.17, 15) is 4.79 Å². The van der Waals surface area contributed by atoms with E-state index in [1.54, 1.807) is 0 Å². The summed E-state index contributed by atoms with van der Waals surface area (Å²) >= 11 is 3.31. The number of carboxylic acids is 1. The fourth-order valence-electron chi connectivity index (χ4n) is 1.51. The second-order valence-electron chi connectivity index (χ2n) is 3.85. The first-order valence-corrected chi connectivity index (χ1v) is 6.63. The number of carbonyl (C=O) groups is 1. The molecule has 0 amide bonds. The first-order chi connectivity index (χ1) is 8.60. The van der Waals surface area contributed by atoms with Crippen molar-refractivity contribution in [3.8, 4) is 11.5 Å². The summed E-state index contributed by atoms with van der Waals surface area (Å²) in [6.45, 7) is 2.72. The summed E-state index contributed by atoms with van der Waals surface area (Å²) in [4.78, 5) is 10.9. The van der Waals surface area contributed by atoms with Gasteiger partial charge in [-0.1, -0.05) is 19.8 Å². The van der Waals surface area contributed by atoms with E-state index in [1.165, 1.54) is 19.2 Å². The Kier molecular flexibility index (Phi) is 5.98. The molecule has 100 valence electrons. The number of halogens is 1. The van der Waals surface area contributed by atoms with Crippen LogP contribution >= 0.6 is 15.9 Å². The maximum atomic E-state index is 10.9. The van der Waals surface area contributed by atoms with Gasteiger partial charge in [0, 0.05) is 0 Å². The normalized spacial score (nSPS) is 10.2. The Bertz CT molecular complexity index is 418. The molecule has 0 spiro atoms. The number of hydrogen-bond acceptors (Lipinski definition) is 3. The van der Waals surface area contributed by atoms with Crippen LogP contribution in [0, 0.1) is 0 Å². The van der Waals surface area contributed by atoms with Crippen LogP contribution in [0.1, 0.15) is 36.5 Å². The number of hydrogen-bond donors (Lipinski definition) is 1. The van der Waals surface area contributed by atoms with E-state index in [0.717, 1.165) is 19.3 Å². The van der Waals surface area contributed by atoms with Gasteiger partial charge in [0.15, 0.2) is 11.5 Å². The second-order valence-corrected chi connectivity index (χ2v) is 4.70. The molecule has 1 aromatic rings. The third-order valence-corrected chi connectivity index (χ3v) is 3.06. The fourth-order valence-corrected chi connectivity index (χ4v) is 2.07. The highest BCUT2D eigenvalue weighted by atomic mass is 79.9. The minimum atomic E-state index is -0.994. The van der Waals surface area contributed by atoms with Crippen molar-refractivity contribution < 1.29 is 19.4 Å². The fraction of sp³-hybridized carbons (Fsp3) is 0.462. The van der Waals surface area contributed by atoms with Gasteiger partial charge in [0.2, 0.25) is 0 Å². The highest BCUT2D eigenvalue weighted by Crippen LogP contribution is 2.36. The number of aromatic carboxylic acids is 1. The molecule has 0 fully saturated rings. The molecule has 1 rings (SSSR count). The van der Waals surface area contributed by atoms with Gasteiger partial charge in [-0.25, -0.2) is 4.79 Å². The number of methoxy groups -OCH3 is 1. The zero-order valence-corrected chi connectivity index (χ0v) is 12.1. The van der Waals surface area contributed by atoms with Gasteiger partial charge >= 0.3 is 5.97 Å². The summed E-state index contributed by atoms with van der Waals surface area (Å²) in [6.07, 6.45) is 3.19. The van der Waals surface area contributed by atoms with Crippen molar-refractivity contribution >= 4 is 21.9 Å². The van der Waals surface area contributed by atoms with Gasteiger partial charge in [-0.05, 0) is 34.5 Å². The second kappa shape index (κ2) is 7.26. The Morgan fingerprint density at radius 1 is 1.39 bits per heavy atom. The van der Waals surface area contributed by atoms with Crippen LogP contribution in [-0.2, 0) is 0 Å². The molecule has 0 radical (unpaired) electrons. The van der Waals surface area contributed by atoms with Crippen LogP contribution in [0.4, 0.5) is 0 Å². The Labute approximate surface area is 115 Å². The molecule has 18 heavy (non-hydrogen) atoms. The lowest BCUT2D eigenvalue weighted by molar-refractivity contribution is 0.0696. The van der Waals surface area contributed by atoms with E-state index in [-0.39, 0.29) is 5.56 Å². The first kappa shape index (κ1) is 14.8. The third kappa shape index (κ3) is 3.91. The summed E-state index contributed by atoms with van der Waals surface area (Å²) < 4.78 is 11.4. The summed E-state index contributed by atoms with van der Waals surface area (Å²) in [5.74, 6) is -0.0107. The molecular formula is C13H17BrO4. The van der Waals surface area contributed by atoms with Gasteiger partial charge in [0.05, 0.1) is 23.8 Å². The first-order valence-electron chi connectivity index (χ1n) is 5.83. The molecule has 0 aromatic heterocycles. The van der Waals surface area contributed by atoms with Crippen LogP contribution < -0.4 is 9.47 Å². The van der Waals surface area contributed by atoms with Gasteiger partial charge in [-0.3, -0.25) is 0 Å². The molecule has 5 heteroatoms. The maximum absolute atomic E-state index is 10.9. The molecule has 1 aromatic carbocycles. The number of unbranched alkanes of at least 4 members (excludes halogenated alkanes) is 2. The highest BCUT2D eigenvalue weighted by molar-refractivity contribution is 9.10. The van der Waals surface area contributed by atoms with Gasteiger partial charge < -0.3 is 14.6 Å². The predicted octanol–water partition coefficient (Wildman–Crippen LogP) is 3.72. The third-order valence-electron chi connectivity index (χ3n) is 2.47. The lowest BCUT2D eigenvalue weighted by atomic mass is 10.2. The van der Waals surface area contributed by atoms with Crippen molar-refractivity contribution in [2.24, 2.45) is 0 Å². The van der Waals surface area contributed by atoms with Gasteiger partial charge in [-0.2, -0.15) is 0 Å². The van der Waals surface area contributed by atoms with Crippen LogP contribution in [0.25, 0.3) is 0 Å². The van der Waals surface area contributed by atoms with Gasteiger partial charge in [-0.15, -0.1) is 0 Å². The zero-order valence-electron chi connectivity index (χ0n) is 10.5.